The molecule has 0 unspecified atom stereocenters. The molecule has 154 valence electrons. The first-order valence-electron chi connectivity index (χ1n) is 8.60. The Morgan fingerprint density at radius 2 is 1.89 bits per heavy atom. The fraction of sp³-hybridized carbons (Fsp3) is 0.471. The zero-order valence-electron chi connectivity index (χ0n) is 16.1. The number of carbonyl (C=O) groups excluding carboxylic acids is 2. The molecular formula is C17H26N6O5. The van der Waals surface area contributed by atoms with Gasteiger partial charge in [0.15, 0.2) is 5.96 Å². The SMILES string of the molecule is CC(C)(C)OC(=O)N[C@@H](CCCNC(=N)N)C(=O)Nc1ccc([N+](=O)[O-])cc1. The topological polar surface area (TPSA) is 172 Å². The normalized spacial score (nSPS) is 11.8. The van der Waals surface area contributed by atoms with Gasteiger partial charge in [0, 0.05) is 24.4 Å². The zero-order chi connectivity index (χ0) is 21.3. The van der Waals surface area contributed by atoms with Gasteiger partial charge in [-0.25, -0.2) is 4.79 Å². The van der Waals surface area contributed by atoms with Crippen LogP contribution in [0.5, 0.6) is 0 Å². The molecule has 11 nitrogen and oxygen atoms in total. The van der Waals surface area contributed by atoms with Crippen molar-refractivity contribution in [2.75, 3.05) is 11.9 Å². The van der Waals surface area contributed by atoms with Crippen LogP contribution in [0.3, 0.4) is 0 Å². The highest BCUT2D eigenvalue weighted by molar-refractivity contribution is 5.96. The number of hydrogen-bond acceptors (Lipinski definition) is 6. The number of nitrogens with two attached hydrogens (primary N) is 1. The molecule has 2 amide bonds. The maximum Gasteiger partial charge on any atom is 0.408 e. The Morgan fingerprint density at radius 3 is 2.39 bits per heavy atom. The molecule has 0 aliphatic rings. The summed E-state index contributed by atoms with van der Waals surface area (Å²) in [7, 11) is 0. The van der Waals surface area contributed by atoms with Gasteiger partial charge >= 0.3 is 6.09 Å². The lowest BCUT2D eigenvalue weighted by Crippen LogP contribution is -2.46. The predicted molar refractivity (Wildman–Crippen MR) is 104 cm³/mol. The first kappa shape index (κ1) is 22.7. The number of non-ortho nitro benzene ring substituents is 1. The van der Waals surface area contributed by atoms with Crippen LogP contribution >= 0.6 is 0 Å². The van der Waals surface area contributed by atoms with E-state index in [1.54, 1.807) is 20.8 Å². The maximum atomic E-state index is 12.6. The predicted octanol–water partition coefficient (Wildman–Crippen LogP) is 1.69. The van der Waals surface area contributed by atoms with E-state index in [0.29, 0.717) is 18.7 Å². The summed E-state index contributed by atoms with van der Waals surface area (Å²) in [4.78, 5) is 34.7. The molecule has 0 saturated heterocycles. The third-order valence-electron chi connectivity index (χ3n) is 3.34. The standard InChI is InChI=1S/C17H26N6O5/c1-17(2,3)28-16(25)22-13(5-4-10-20-15(18)19)14(24)21-11-6-8-12(9-7-11)23(26)27/h6-9,13H,4-5,10H2,1-3H3,(H,21,24)(H,22,25)(H4,18,19,20)/t13-/m0/s1. The summed E-state index contributed by atoms with van der Waals surface area (Å²) in [5.74, 6) is -0.686. The molecule has 28 heavy (non-hydrogen) atoms. The van der Waals surface area contributed by atoms with Crippen LogP contribution < -0.4 is 21.7 Å². The number of nitro benzene ring substituents is 1. The van der Waals surface area contributed by atoms with Crippen LogP contribution in [0.2, 0.25) is 0 Å². The number of carbonyl (C=O) groups is 2. The highest BCUT2D eigenvalue weighted by Crippen LogP contribution is 2.16. The number of guanidine groups is 1. The Bertz CT molecular complexity index is 714. The van der Waals surface area contributed by atoms with E-state index in [2.05, 4.69) is 16.0 Å². The summed E-state index contributed by atoms with van der Waals surface area (Å²) in [6, 6.07) is 4.43. The first-order chi connectivity index (χ1) is 13.0. The molecule has 0 aliphatic heterocycles. The van der Waals surface area contributed by atoms with Crippen molar-refractivity contribution >= 4 is 29.3 Å². The lowest BCUT2D eigenvalue weighted by atomic mass is 10.1. The average molecular weight is 394 g/mol. The van der Waals surface area contributed by atoms with Crippen molar-refractivity contribution in [3.8, 4) is 0 Å². The highest BCUT2D eigenvalue weighted by atomic mass is 16.6. The van der Waals surface area contributed by atoms with Crippen LogP contribution in [0.1, 0.15) is 33.6 Å². The maximum absolute atomic E-state index is 12.6. The van der Waals surface area contributed by atoms with Crippen molar-refractivity contribution in [2.24, 2.45) is 5.73 Å². The number of rotatable bonds is 8. The number of nitro groups is 1. The number of amides is 2. The van der Waals surface area contributed by atoms with Crippen molar-refractivity contribution in [3.63, 3.8) is 0 Å². The van der Waals surface area contributed by atoms with E-state index in [9.17, 15) is 19.7 Å². The number of hydrogen-bond donors (Lipinski definition) is 5. The molecule has 0 saturated carbocycles. The van der Waals surface area contributed by atoms with E-state index in [1.807, 2.05) is 0 Å². The molecular weight excluding hydrogens is 368 g/mol. The van der Waals surface area contributed by atoms with Gasteiger partial charge in [0.2, 0.25) is 5.91 Å². The van der Waals surface area contributed by atoms with Gasteiger partial charge in [-0.05, 0) is 45.7 Å². The minimum absolute atomic E-state index is 0.100. The second kappa shape index (κ2) is 10.1. The van der Waals surface area contributed by atoms with Crippen LogP contribution in [0.4, 0.5) is 16.2 Å². The Morgan fingerprint density at radius 1 is 1.29 bits per heavy atom. The zero-order valence-corrected chi connectivity index (χ0v) is 16.1. The molecule has 11 heteroatoms. The molecule has 0 radical (unpaired) electrons. The number of alkyl carbamates (subject to hydrolysis) is 1. The Hall–Kier alpha value is -3.37. The number of anilines is 1. The van der Waals surface area contributed by atoms with E-state index in [0.717, 1.165) is 0 Å². The minimum atomic E-state index is -0.904. The lowest BCUT2D eigenvalue weighted by molar-refractivity contribution is -0.384. The van der Waals surface area contributed by atoms with Gasteiger partial charge in [0.25, 0.3) is 5.69 Å². The Labute approximate surface area is 162 Å². The van der Waals surface area contributed by atoms with Gasteiger partial charge in [0.1, 0.15) is 11.6 Å². The highest BCUT2D eigenvalue weighted by Gasteiger charge is 2.24. The van der Waals surface area contributed by atoms with Crippen molar-refractivity contribution < 1.29 is 19.2 Å². The van der Waals surface area contributed by atoms with Gasteiger partial charge in [-0.3, -0.25) is 20.3 Å². The van der Waals surface area contributed by atoms with Crippen LogP contribution in [0.25, 0.3) is 0 Å². The summed E-state index contributed by atoms with van der Waals surface area (Å²) >= 11 is 0. The quantitative estimate of drug-likeness (QED) is 0.147. The van der Waals surface area contributed by atoms with Crippen LogP contribution in [0.15, 0.2) is 24.3 Å². The summed E-state index contributed by atoms with van der Waals surface area (Å²) in [6.07, 6.45) is -0.0256. The largest absolute Gasteiger partial charge is 0.444 e. The van der Waals surface area contributed by atoms with Gasteiger partial charge in [-0.15, -0.1) is 0 Å². The average Bonchev–Trinajstić information content (AvgIpc) is 2.56. The first-order valence-corrected chi connectivity index (χ1v) is 8.60. The van der Waals surface area contributed by atoms with Gasteiger partial charge in [0.05, 0.1) is 4.92 Å². The van der Waals surface area contributed by atoms with E-state index in [4.69, 9.17) is 15.9 Å². The molecule has 0 spiro atoms. The molecule has 0 aromatic heterocycles. The number of ether oxygens (including phenoxy) is 1. The van der Waals surface area contributed by atoms with Crippen molar-refractivity contribution in [3.05, 3.63) is 34.4 Å². The van der Waals surface area contributed by atoms with Gasteiger partial charge < -0.3 is 26.4 Å². The molecule has 0 fully saturated rings. The van der Waals surface area contributed by atoms with Gasteiger partial charge in [-0.1, -0.05) is 0 Å². The Balaban J connectivity index is 2.76. The molecule has 1 rings (SSSR count). The van der Waals surface area contributed by atoms with Crippen LogP contribution in [0, 0.1) is 15.5 Å². The number of nitrogens with one attached hydrogen (secondary N) is 4. The second-order valence-electron chi connectivity index (χ2n) is 6.97. The molecule has 6 N–H and O–H groups in total. The second-order valence-corrected chi connectivity index (χ2v) is 6.97. The van der Waals surface area contributed by atoms with E-state index >= 15 is 0 Å². The van der Waals surface area contributed by atoms with E-state index in [-0.39, 0.29) is 18.1 Å². The summed E-state index contributed by atoms with van der Waals surface area (Å²) in [5.41, 5.74) is 4.74. The summed E-state index contributed by atoms with van der Waals surface area (Å²) in [6.45, 7) is 5.46. The molecule has 0 bridgehead atoms. The smallest absolute Gasteiger partial charge is 0.408 e. The Kier molecular flexibility index (Phi) is 8.17. The van der Waals surface area contributed by atoms with Crippen molar-refractivity contribution in [1.29, 1.82) is 5.41 Å². The van der Waals surface area contributed by atoms with Crippen LogP contribution in [-0.2, 0) is 9.53 Å². The molecule has 1 aromatic rings. The van der Waals surface area contributed by atoms with E-state index in [1.165, 1.54) is 24.3 Å². The van der Waals surface area contributed by atoms with Crippen LogP contribution in [-0.4, -0.2) is 41.1 Å². The molecule has 1 aromatic carbocycles. The summed E-state index contributed by atoms with van der Waals surface area (Å²) < 4.78 is 5.18. The summed E-state index contributed by atoms with van der Waals surface area (Å²) in [5, 5.41) is 25.6. The lowest BCUT2D eigenvalue weighted by Gasteiger charge is -2.23. The third-order valence-corrected chi connectivity index (χ3v) is 3.34. The monoisotopic (exact) mass is 394 g/mol. The minimum Gasteiger partial charge on any atom is -0.444 e. The van der Waals surface area contributed by atoms with E-state index < -0.39 is 28.6 Å². The number of benzene rings is 1. The van der Waals surface area contributed by atoms with Crippen molar-refractivity contribution in [2.45, 2.75) is 45.3 Å². The fourth-order valence-electron chi connectivity index (χ4n) is 2.14. The third kappa shape index (κ3) is 8.83. The molecule has 1 atom stereocenters. The fourth-order valence-corrected chi connectivity index (χ4v) is 2.14. The number of nitrogens with zero attached hydrogens (tertiary/aromatic N) is 1. The molecule has 0 aliphatic carbocycles. The van der Waals surface area contributed by atoms with Crippen molar-refractivity contribution in [1.82, 2.24) is 10.6 Å². The molecule has 0 heterocycles. The van der Waals surface area contributed by atoms with Gasteiger partial charge in [-0.2, -0.15) is 0 Å².